The van der Waals surface area contributed by atoms with Gasteiger partial charge in [-0.15, -0.1) is 0 Å². The van der Waals surface area contributed by atoms with Crippen molar-refractivity contribution in [3.05, 3.63) is 77.0 Å². The number of aryl methyl sites for hydroxylation is 1. The largest absolute Gasteiger partial charge is 0.382 e. The van der Waals surface area contributed by atoms with Gasteiger partial charge in [-0.25, -0.2) is 4.68 Å². The number of benzene rings is 2. The fourth-order valence-corrected chi connectivity index (χ4v) is 3.35. The lowest BCUT2D eigenvalue weighted by Crippen LogP contribution is -2.27. The number of aromatic nitrogens is 2. The van der Waals surface area contributed by atoms with Gasteiger partial charge in [-0.3, -0.25) is 4.79 Å². The zero-order chi connectivity index (χ0) is 18.1. The van der Waals surface area contributed by atoms with Crippen LogP contribution in [0.3, 0.4) is 0 Å². The number of nitrogens with two attached hydrogens (primary N) is 1. The number of hydrogen-bond acceptors (Lipinski definition) is 4. The van der Waals surface area contributed by atoms with Gasteiger partial charge in [0.15, 0.2) is 0 Å². The monoisotopic (exact) mass is 343 g/mol. The molecule has 0 bridgehead atoms. The number of nitrogen functional groups attached to an aromatic ring is 1. The van der Waals surface area contributed by atoms with Gasteiger partial charge >= 0.3 is 0 Å². The second kappa shape index (κ2) is 6.37. The fraction of sp³-hybridized carbons (Fsp3) is 0.150. The fourth-order valence-electron chi connectivity index (χ4n) is 3.35. The molecule has 0 aliphatic heterocycles. The van der Waals surface area contributed by atoms with Crippen LogP contribution in [0.15, 0.2) is 54.7 Å². The molecule has 0 radical (unpaired) electrons. The molecule has 1 aromatic heterocycles. The number of carbonyl (C=O) groups is 1. The summed E-state index contributed by atoms with van der Waals surface area (Å²) in [6.07, 6.45) is 3.33. The number of hydrogen-bond donors (Lipinski definition) is 2. The quantitative estimate of drug-likeness (QED) is 0.764. The van der Waals surface area contributed by atoms with E-state index in [9.17, 15) is 4.79 Å². The Morgan fingerprint density at radius 2 is 2.00 bits per heavy atom. The lowest BCUT2D eigenvalue weighted by molar-refractivity contribution is 0.0936. The molecule has 1 aliphatic carbocycles. The van der Waals surface area contributed by atoms with Crippen molar-refractivity contribution in [3.63, 3.8) is 0 Å². The van der Waals surface area contributed by atoms with E-state index in [4.69, 9.17) is 11.0 Å². The Balaban J connectivity index is 1.51. The molecule has 6 nitrogen and oxygen atoms in total. The lowest BCUT2D eigenvalue weighted by Gasteiger charge is -2.14. The number of nitrogens with zero attached hydrogens (tertiary/aromatic N) is 3. The number of rotatable bonds is 3. The Morgan fingerprint density at radius 3 is 2.73 bits per heavy atom. The highest BCUT2D eigenvalue weighted by Gasteiger charge is 2.23. The van der Waals surface area contributed by atoms with Crippen molar-refractivity contribution >= 4 is 11.7 Å². The van der Waals surface area contributed by atoms with Gasteiger partial charge in [0.05, 0.1) is 17.9 Å². The van der Waals surface area contributed by atoms with Crippen molar-refractivity contribution in [2.75, 3.05) is 5.73 Å². The SMILES string of the molecule is N#Cc1cnn(-c2ccc(C(=O)N[C@H]3CCc4ccccc43)cc2)c1N. The Hall–Kier alpha value is -3.59. The predicted octanol–water partition coefficient (Wildman–Crippen LogP) is 2.74. The number of nitriles is 1. The maximum Gasteiger partial charge on any atom is 0.251 e. The third-order valence-electron chi connectivity index (χ3n) is 4.74. The van der Waals surface area contributed by atoms with E-state index >= 15 is 0 Å². The molecule has 1 atom stereocenters. The third-order valence-corrected chi connectivity index (χ3v) is 4.74. The van der Waals surface area contributed by atoms with Crippen LogP contribution in [-0.4, -0.2) is 15.7 Å². The van der Waals surface area contributed by atoms with E-state index < -0.39 is 0 Å². The number of fused-ring (bicyclic) bond motifs is 1. The van der Waals surface area contributed by atoms with Crippen molar-refractivity contribution in [2.24, 2.45) is 0 Å². The molecular weight excluding hydrogens is 326 g/mol. The molecule has 0 saturated heterocycles. The van der Waals surface area contributed by atoms with Crippen LogP contribution in [0.5, 0.6) is 0 Å². The number of amides is 1. The summed E-state index contributed by atoms with van der Waals surface area (Å²) in [7, 11) is 0. The van der Waals surface area contributed by atoms with E-state index in [2.05, 4.69) is 22.5 Å². The van der Waals surface area contributed by atoms with E-state index in [0.717, 1.165) is 12.8 Å². The minimum atomic E-state index is -0.107. The molecule has 0 spiro atoms. The average Bonchev–Trinajstić information content (AvgIpc) is 3.25. The van der Waals surface area contributed by atoms with Crippen LogP contribution in [0, 0.1) is 11.3 Å². The topological polar surface area (TPSA) is 96.7 Å². The minimum Gasteiger partial charge on any atom is -0.382 e. The van der Waals surface area contributed by atoms with E-state index in [0.29, 0.717) is 16.8 Å². The molecule has 1 amide bonds. The standard InChI is InChI=1S/C20H17N5O/c21-11-15-12-23-25(19(15)22)16-8-5-14(6-9-16)20(26)24-18-10-7-13-3-1-2-4-17(13)18/h1-6,8-9,12,18H,7,10,22H2,(H,24,26)/t18-/m0/s1. The van der Waals surface area contributed by atoms with Crippen LogP contribution in [-0.2, 0) is 6.42 Å². The second-order valence-electron chi connectivity index (χ2n) is 6.28. The van der Waals surface area contributed by atoms with E-state index in [1.54, 1.807) is 24.3 Å². The second-order valence-corrected chi connectivity index (χ2v) is 6.28. The summed E-state index contributed by atoms with van der Waals surface area (Å²) >= 11 is 0. The van der Waals surface area contributed by atoms with E-state index in [-0.39, 0.29) is 17.8 Å². The van der Waals surface area contributed by atoms with Gasteiger partial charge in [0.1, 0.15) is 17.5 Å². The summed E-state index contributed by atoms with van der Waals surface area (Å²) in [5.74, 6) is 0.177. The number of anilines is 1. The van der Waals surface area contributed by atoms with Crippen LogP contribution < -0.4 is 11.1 Å². The maximum atomic E-state index is 12.6. The van der Waals surface area contributed by atoms with Crippen molar-refractivity contribution < 1.29 is 4.79 Å². The Morgan fingerprint density at radius 1 is 1.23 bits per heavy atom. The molecule has 128 valence electrons. The zero-order valence-electron chi connectivity index (χ0n) is 14.0. The highest BCUT2D eigenvalue weighted by Crippen LogP contribution is 2.31. The number of carbonyl (C=O) groups excluding carboxylic acids is 1. The first kappa shape index (κ1) is 15.9. The first-order chi connectivity index (χ1) is 12.7. The molecular formula is C20H17N5O. The van der Waals surface area contributed by atoms with Crippen molar-refractivity contribution in [1.82, 2.24) is 15.1 Å². The molecule has 4 rings (SSSR count). The smallest absolute Gasteiger partial charge is 0.251 e. The highest BCUT2D eigenvalue weighted by molar-refractivity contribution is 5.94. The molecule has 3 aromatic rings. The molecule has 1 aliphatic rings. The number of nitrogens with one attached hydrogen (secondary N) is 1. The lowest BCUT2D eigenvalue weighted by atomic mass is 10.1. The molecule has 0 unspecified atom stereocenters. The van der Waals surface area contributed by atoms with E-state index in [1.165, 1.54) is 22.0 Å². The van der Waals surface area contributed by atoms with Gasteiger partial charge in [0.25, 0.3) is 5.91 Å². The highest BCUT2D eigenvalue weighted by atomic mass is 16.1. The summed E-state index contributed by atoms with van der Waals surface area (Å²) in [6, 6.07) is 17.3. The molecule has 0 fully saturated rings. The molecule has 0 saturated carbocycles. The van der Waals surface area contributed by atoms with Crippen molar-refractivity contribution in [3.8, 4) is 11.8 Å². The van der Waals surface area contributed by atoms with Crippen molar-refractivity contribution in [2.45, 2.75) is 18.9 Å². The van der Waals surface area contributed by atoms with Gasteiger partial charge in [0.2, 0.25) is 0 Å². The molecule has 26 heavy (non-hydrogen) atoms. The minimum absolute atomic E-state index is 0.0540. The Labute approximate surface area is 150 Å². The molecule has 6 heteroatoms. The maximum absolute atomic E-state index is 12.6. The Bertz CT molecular complexity index is 1010. The summed E-state index contributed by atoms with van der Waals surface area (Å²) < 4.78 is 1.48. The summed E-state index contributed by atoms with van der Waals surface area (Å²) in [4.78, 5) is 12.6. The molecule has 2 aromatic carbocycles. The van der Waals surface area contributed by atoms with Gasteiger partial charge in [-0.2, -0.15) is 10.4 Å². The van der Waals surface area contributed by atoms with Gasteiger partial charge in [-0.1, -0.05) is 24.3 Å². The molecule has 1 heterocycles. The zero-order valence-corrected chi connectivity index (χ0v) is 14.0. The summed E-state index contributed by atoms with van der Waals surface area (Å²) in [5, 5.41) is 16.2. The first-order valence-corrected chi connectivity index (χ1v) is 8.40. The molecule has 3 N–H and O–H groups in total. The van der Waals surface area contributed by atoms with Crippen molar-refractivity contribution in [1.29, 1.82) is 5.26 Å². The first-order valence-electron chi connectivity index (χ1n) is 8.40. The normalized spacial score (nSPS) is 15.3. The van der Waals surface area contributed by atoms with Crippen LogP contribution in [0.4, 0.5) is 5.82 Å². The van der Waals surface area contributed by atoms with Gasteiger partial charge in [-0.05, 0) is 48.2 Å². The van der Waals surface area contributed by atoms with E-state index in [1.807, 2.05) is 18.2 Å². The third kappa shape index (κ3) is 2.70. The summed E-state index contributed by atoms with van der Waals surface area (Å²) in [6.45, 7) is 0. The predicted molar refractivity (Wildman–Crippen MR) is 97.7 cm³/mol. The summed E-state index contributed by atoms with van der Waals surface area (Å²) in [5.41, 5.74) is 10.00. The average molecular weight is 343 g/mol. The van der Waals surface area contributed by atoms with Crippen LogP contribution >= 0.6 is 0 Å². The van der Waals surface area contributed by atoms with Crippen LogP contribution in [0.1, 0.15) is 39.5 Å². The van der Waals surface area contributed by atoms with Crippen LogP contribution in [0.2, 0.25) is 0 Å². The van der Waals surface area contributed by atoms with Gasteiger partial charge in [0, 0.05) is 5.56 Å². The van der Waals surface area contributed by atoms with Crippen LogP contribution in [0.25, 0.3) is 5.69 Å². The Kier molecular flexibility index (Phi) is 3.90. The van der Waals surface area contributed by atoms with Gasteiger partial charge < -0.3 is 11.1 Å².